The molecule has 3 rings (SSSR count). The van der Waals surface area contributed by atoms with E-state index in [1.807, 2.05) is 0 Å². The van der Waals surface area contributed by atoms with E-state index < -0.39 is 0 Å². The van der Waals surface area contributed by atoms with Crippen molar-refractivity contribution in [2.24, 2.45) is 11.8 Å². The van der Waals surface area contributed by atoms with Gasteiger partial charge < -0.3 is 5.32 Å². The zero-order chi connectivity index (χ0) is 16.2. The van der Waals surface area contributed by atoms with Crippen LogP contribution in [0.1, 0.15) is 57.8 Å². The van der Waals surface area contributed by atoms with Crippen molar-refractivity contribution in [3.8, 4) is 0 Å². The van der Waals surface area contributed by atoms with Gasteiger partial charge in [-0.2, -0.15) is 0 Å². The largest absolute Gasteiger partial charge is 0.354 e. The minimum absolute atomic E-state index is 0.107. The van der Waals surface area contributed by atoms with Gasteiger partial charge in [0.25, 0.3) is 0 Å². The second-order valence-corrected chi connectivity index (χ2v) is 6.97. The maximum absolute atomic E-state index is 12.3. The summed E-state index contributed by atoms with van der Waals surface area (Å²) in [4.78, 5) is 37.9. The standard InChI is InChI=1S/C18H26N2O3/c21-16(19-11-10-13-6-2-1-3-7-13)12-20-17(22)14-8-4-5-9-15(14)18(20)23/h6,14-15H,1-5,7-12H2,(H,19,21). The summed E-state index contributed by atoms with van der Waals surface area (Å²) in [5.74, 6) is -0.829. The summed E-state index contributed by atoms with van der Waals surface area (Å²) in [5.41, 5.74) is 1.41. The number of allylic oxidation sites excluding steroid dienone is 1. The van der Waals surface area contributed by atoms with Gasteiger partial charge in [0.15, 0.2) is 0 Å². The van der Waals surface area contributed by atoms with E-state index in [1.165, 1.54) is 23.3 Å². The molecule has 0 aromatic rings. The highest BCUT2D eigenvalue weighted by Crippen LogP contribution is 2.37. The first kappa shape index (κ1) is 16.2. The van der Waals surface area contributed by atoms with Crippen molar-refractivity contribution in [2.75, 3.05) is 13.1 Å². The molecule has 0 aromatic carbocycles. The van der Waals surface area contributed by atoms with Crippen LogP contribution >= 0.6 is 0 Å². The van der Waals surface area contributed by atoms with Gasteiger partial charge in [-0.25, -0.2) is 0 Å². The predicted octanol–water partition coefficient (Wildman–Crippen LogP) is 2.17. The van der Waals surface area contributed by atoms with Crippen molar-refractivity contribution in [2.45, 2.75) is 57.8 Å². The fourth-order valence-electron chi connectivity index (χ4n) is 4.08. The monoisotopic (exact) mass is 318 g/mol. The molecule has 2 fully saturated rings. The summed E-state index contributed by atoms with van der Waals surface area (Å²) in [7, 11) is 0. The molecule has 1 heterocycles. The van der Waals surface area contributed by atoms with E-state index in [4.69, 9.17) is 0 Å². The highest BCUT2D eigenvalue weighted by atomic mass is 16.2. The van der Waals surface area contributed by atoms with Crippen molar-refractivity contribution in [1.82, 2.24) is 10.2 Å². The Balaban J connectivity index is 1.46. The van der Waals surface area contributed by atoms with Gasteiger partial charge in [0, 0.05) is 6.54 Å². The Morgan fingerprint density at radius 2 is 1.78 bits per heavy atom. The first-order chi connectivity index (χ1) is 11.2. The third kappa shape index (κ3) is 3.65. The van der Waals surface area contributed by atoms with Crippen LogP contribution in [-0.2, 0) is 14.4 Å². The fourth-order valence-corrected chi connectivity index (χ4v) is 4.08. The Labute approximate surface area is 137 Å². The van der Waals surface area contributed by atoms with Crippen LogP contribution in [0, 0.1) is 11.8 Å². The van der Waals surface area contributed by atoms with E-state index in [9.17, 15) is 14.4 Å². The summed E-state index contributed by atoms with van der Waals surface area (Å²) >= 11 is 0. The van der Waals surface area contributed by atoms with E-state index in [1.54, 1.807) is 0 Å². The number of amides is 3. The molecule has 0 spiro atoms. The Morgan fingerprint density at radius 1 is 1.09 bits per heavy atom. The number of carbonyl (C=O) groups is 3. The normalized spacial score (nSPS) is 27.7. The van der Waals surface area contributed by atoms with E-state index in [-0.39, 0.29) is 36.1 Å². The van der Waals surface area contributed by atoms with Crippen molar-refractivity contribution in [3.63, 3.8) is 0 Å². The molecule has 0 bridgehead atoms. The third-order valence-corrected chi connectivity index (χ3v) is 5.39. The average molecular weight is 318 g/mol. The molecule has 2 atom stereocenters. The van der Waals surface area contributed by atoms with Gasteiger partial charge in [-0.3, -0.25) is 19.3 Å². The number of hydrogen-bond acceptors (Lipinski definition) is 3. The predicted molar refractivity (Wildman–Crippen MR) is 86.3 cm³/mol. The van der Waals surface area contributed by atoms with Gasteiger partial charge in [0.05, 0.1) is 11.8 Å². The van der Waals surface area contributed by atoms with Gasteiger partial charge >= 0.3 is 0 Å². The molecule has 1 saturated heterocycles. The molecule has 3 aliphatic rings. The number of nitrogens with one attached hydrogen (secondary N) is 1. The Morgan fingerprint density at radius 3 is 2.39 bits per heavy atom. The number of fused-ring (bicyclic) bond motifs is 1. The second-order valence-electron chi connectivity index (χ2n) is 6.97. The zero-order valence-corrected chi connectivity index (χ0v) is 13.7. The first-order valence-corrected chi connectivity index (χ1v) is 8.96. The maximum atomic E-state index is 12.3. The summed E-state index contributed by atoms with van der Waals surface area (Å²) in [6, 6.07) is 0. The molecule has 2 unspecified atom stereocenters. The molecule has 1 aliphatic heterocycles. The number of likely N-dealkylation sites (tertiary alicyclic amines) is 1. The minimum atomic E-state index is -0.221. The lowest BCUT2D eigenvalue weighted by atomic mass is 9.81. The Kier molecular flexibility index (Phi) is 5.13. The lowest BCUT2D eigenvalue weighted by Gasteiger charge is -2.19. The van der Waals surface area contributed by atoms with Crippen LogP contribution in [0.5, 0.6) is 0 Å². The quantitative estimate of drug-likeness (QED) is 0.624. The summed E-state index contributed by atoms with van der Waals surface area (Å²) in [5, 5.41) is 2.85. The number of imide groups is 1. The lowest BCUT2D eigenvalue weighted by Crippen LogP contribution is -2.41. The third-order valence-electron chi connectivity index (χ3n) is 5.39. The van der Waals surface area contributed by atoms with E-state index in [0.29, 0.717) is 6.54 Å². The topological polar surface area (TPSA) is 66.5 Å². The Bertz CT molecular complexity index is 502. The van der Waals surface area contributed by atoms with Crippen LogP contribution in [0.4, 0.5) is 0 Å². The van der Waals surface area contributed by atoms with Crippen molar-refractivity contribution < 1.29 is 14.4 Å². The number of nitrogens with zero attached hydrogens (tertiary/aromatic N) is 1. The van der Waals surface area contributed by atoms with Crippen LogP contribution < -0.4 is 5.32 Å². The van der Waals surface area contributed by atoms with Gasteiger partial charge in [-0.05, 0) is 44.9 Å². The maximum Gasteiger partial charge on any atom is 0.240 e. The summed E-state index contributed by atoms with van der Waals surface area (Å²) in [6.07, 6.45) is 11.5. The number of rotatable bonds is 5. The summed E-state index contributed by atoms with van der Waals surface area (Å²) < 4.78 is 0. The molecule has 1 N–H and O–H groups in total. The van der Waals surface area contributed by atoms with Crippen LogP contribution in [-0.4, -0.2) is 35.7 Å². The van der Waals surface area contributed by atoms with E-state index in [0.717, 1.165) is 44.9 Å². The highest BCUT2D eigenvalue weighted by Gasteiger charge is 2.48. The highest BCUT2D eigenvalue weighted by molar-refractivity contribution is 6.07. The van der Waals surface area contributed by atoms with E-state index >= 15 is 0 Å². The molecule has 1 saturated carbocycles. The van der Waals surface area contributed by atoms with Gasteiger partial charge in [0.1, 0.15) is 6.54 Å². The van der Waals surface area contributed by atoms with Crippen molar-refractivity contribution >= 4 is 17.7 Å². The van der Waals surface area contributed by atoms with E-state index in [2.05, 4.69) is 11.4 Å². The van der Waals surface area contributed by atoms with Crippen LogP contribution in [0.2, 0.25) is 0 Å². The molecular weight excluding hydrogens is 292 g/mol. The first-order valence-electron chi connectivity index (χ1n) is 8.96. The molecule has 126 valence electrons. The molecule has 5 nitrogen and oxygen atoms in total. The summed E-state index contributed by atoms with van der Waals surface area (Å²) in [6.45, 7) is 0.484. The molecule has 5 heteroatoms. The lowest BCUT2D eigenvalue weighted by molar-refractivity contribution is -0.143. The van der Waals surface area contributed by atoms with Gasteiger partial charge in [0.2, 0.25) is 17.7 Å². The molecule has 2 aliphatic carbocycles. The zero-order valence-electron chi connectivity index (χ0n) is 13.7. The number of carbonyl (C=O) groups excluding carboxylic acids is 3. The van der Waals surface area contributed by atoms with Crippen molar-refractivity contribution in [3.05, 3.63) is 11.6 Å². The van der Waals surface area contributed by atoms with Crippen LogP contribution in [0.15, 0.2) is 11.6 Å². The SMILES string of the molecule is O=C(CN1C(=O)C2CCCCC2C1=O)NCCC1=CCCCC1. The molecular formula is C18H26N2O3. The second kappa shape index (κ2) is 7.28. The molecule has 23 heavy (non-hydrogen) atoms. The molecule has 0 radical (unpaired) electrons. The molecule has 3 amide bonds. The van der Waals surface area contributed by atoms with Crippen molar-refractivity contribution in [1.29, 1.82) is 0 Å². The molecule has 0 aromatic heterocycles. The minimum Gasteiger partial charge on any atom is -0.354 e. The van der Waals surface area contributed by atoms with Gasteiger partial charge in [-0.1, -0.05) is 24.5 Å². The average Bonchev–Trinajstić information content (AvgIpc) is 2.81. The van der Waals surface area contributed by atoms with Crippen LogP contribution in [0.3, 0.4) is 0 Å². The fraction of sp³-hybridized carbons (Fsp3) is 0.722. The van der Waals surface area contributed by atoms with Crippen LogP contribution in [0.25, 0.3) is 0 Å². The number of hydrogen-bond donors (Lipinski definition) is 1. The van der Waals surface area contributed by atoms with Gasteiger partial charge in [-0.15, -0.1) is 0 Å². The Hall–Kier alpha value is -1.65. The smallest absolute Gasteiger partial charge is 0.240 e.